The molecule has 0 saturated heterocycles. The highest BCUT2D eigenvalue weighted by molar-refractivity contribution is 5.90. The van der Waals surface area contributed by atoms with Gasteiger partial charge in [0.25, 0.3) is 0 Å². The van der Waals surface area contributed by atoms with Gasteiger partial charge >= 0.3 is 12.1 Å². The van der Waals surface area contributed by atoms with E-state index in [1.807, 2.05) is 0 Å². The third kappa shape index (κ3) is 5.99. The van der Waals surface area contributed by atoms with Crippen molar-refractivity contribution in [2.24, 2.45) is 0 Å². The number of rotatable bonds is 7. The SMILES string of the molecule is COc1ccc(CN(C(=O)C(F)(F)F)C(C(=O)NC2CCCCC2)c2ccncc2)cc1. The number of halogens is 3. The van der Waals surface area contributed by atoms with E-state index in [1.54, 1.807) is 24.3 Å². The van der Waals surface area contributed by atoms with E-state index in [4.69, 9.17) is 4.74 Å². The van der Waals surface area contributed by atoms with Gasteiger partial charge in [0, 0.05) is 25.0 Å². The van der Waals surface area contributed by atoms with Crippen molar-refractivity contribution in [2.75, 3.05) is 7.11 Å². The summed E-state index contributed by atoms with van der Waals surface area (Å²) in [4.78, 5) is 30.2. The number of hydrogen-bond donors (Lipinski definition) is 1. The van der Waals surface area contributed by atoms with Crippen molar-refractivity contribution in [3.8, 4) is 5.75 Å². The summed E-state index contributed by atoms with van der Waals surface area (Å²) in [6.07, 6.45) is 2.13. The molecule has 1 aliphatic carbocycles. The first kappa shape index (κ1) is 23.6. The zero-order chi connectivity index (χ0) is 23.1. The van der Waals surface area contributed by atoms with Gasteiger partial charge in [0.05, 0.1) is 7.11 Å². The van der Waals surface area contributed by atoms with Gasteiger partial charge in [-0.05, 0) is 48.2 Å². The number of aromatic nitrogens is 1. The lowest BCUT2D eigenvalue weighted by atomic mass is 9.94. The Labute approximate surface area is 184 Å². The van der Waals surface area contributed by atoms with Crippen LogP contribution in [0.25, 0.3) is 0 Å². The van der Waals surface area contributed by atoms with E-state index < -0.39 is 30.6 Å². The van der Waals surface area contributed by atoms with E-state index in [0.29, 0.717) is 16.2 Å². The average Bonchev–Trinajstić information content (AvgIpc) is 2.79. The molecule has 3 rings (SSSR count). The number of alkyl halides is 3. The van der Waals surface area contributed by atoms with Crippen molar-refractivity contribution in [3.05, 3.63) is 59.9 Å². The molecule has 172 valence electrons. The summed E-state index contributed by atoms with van der Waals surface area (Å²) < 4.78 is 45.8. The molecular weight excluding hydrogens is 423 g/mol. The number of hydrogen-bond acceptors (Lipinski definition) is 4. The standard InChI is InChI=1S/C23H26F3N3O3/c1-32-19-9-7-16(8-10-19)15-29(22(31)23(24,25)26)20(17-11-13-27-14-12-17)21(30)28-18-5-3-2-4-6-18/h7-14,18,20H,2-6,15H2,1H3,(H,28,30). The van der Waals surface area contributed by atoms with Crippen LogP contribution in [0.3, 0.4) is 0 Å². The Bertz CT molecular complexity index is 898. The maximum absolute atomic E-state index is 13.6. The van der Waals surface area contributed by atoms with Gasteiger partial charge in [0.1, 0.15) is 11.8 Å². The van der Waals surface area contributed by atoms with E-state index >= 15 is 0 Å². The van der Waals surface area contributed by atoms with E-state index in [-0.39, 0.29) is 11.6 Å². The number of nitrogens with one attached hydrogen (secondary N) is 1. The minimum atomic E-state index is -5.14. The third-order valence-electron chi connectivity index (χ3n) is 5.55. The molecule has 1 heterocycles. The van der Waals surface area contributed by atoms with Crippen molar-refractivity contribution >= 4 is 11.8 Å². The maximum Gasteiger partial charge on any atom is 0.471 e. The highest BCUT2D eigenvalue weighted by atomic mass is 19.4. The van der Waals surface area contributed by atoms with Gasteiger partial charge in [0.15, 0.2) is 0 Å². The monoisotopic (exact) mass is 449 g/mol. The molecule has 0 radical (unpaired) electrons. The molecule has 32 heavy (non-hydrogen) atoms. The topological polar surface area (TPSA) is 71.5 Å². The third-order valence-corrected chi connectivity index (χ3v) is 5.55. The molecule has 1 aromatic carbocycles. The fourth-order valence-corrected chi connectivity index (χ4v) is 3.92. The summed E-state index contributed by atoms with van der Waals surface area (Å²) >= 11 is 0. The van der Waals surface area contributed by atoms with E-state index in [0.717, 1.165) is 32.1 Å². The fraction of sp³-hybridized carbons (Fsp3) is 0.435. The Kier molecular flexibility index (Phi) is 7.71. The molecule has 6 nitrogen and oxygen atoms in total. The van der Waals surface area contributed by atoms with E-state index in [1.165, 1.54) is 31.6 Å². The zero-order valence-electron chi connectivity index (χ0n) is 17.8. The number of carbonyl (C=O) groups is 2. The highest BCUT2D eigenvalue weighted by Gasteiger charge is 2.46. The number of nitrogens with zero attached hydrogens (tertiary/aromatic N) is 2. The normalized spacial score (nSPS) is 15.6. The van der Waals surface area contributed by atoms with E-state index in [2.05, 4.69) is 10.3 Å². The van der Waals surface area contributed by atoms with Crippen LogP contribution in [0.1, 0.15) is 49.3 Å². The molecule has 0 spiro atoms. The molecule has 2 amide bonds. The number of pyridine rings is 1. The molecule has 1 aliphatic rings. The summed E-state index contributed by atoms with van der Waals surface area (Å²) in [5, 5.41) is 2.87. The molecule has 1 unspecified atom stereocenters. The summed E-state index contributed by atoms with van der Waals surface area (Å²) in [5.41, 5.74) is 0.701. The van der Waals surface area contributed by atoms with Crippen LogP contribution in [0, 0.1) is 0 Å². The van der Waals surface area contributed by atoms with Gasteiger partial charge in [-0.3, -0.25) is 14.6 Å². The molecule has 2 aromatic rings. The Hall–Kier alpha value is -3.10. The second kappa shape index (κ2) is 10.5. The molecule has 9 heteroatoms. The van der Waals surface area contributed by atoms with Gasteiger partial charge in [-0.25, -0.2) is 0 Å². The van der Waals surface area contributed by atoms with Crippen LogP contribution in [0.4, 0.5) is 13.2 Å². The second-order valence-electron chi connectivity index (χ2n) is 7.81. The van der Waals surface area contributed by atoms with Crippen LogP contribution < -0.4 is 10.1 Å². The van der Waals surface area contributed by atoms with Crippen LogP contribution in [0.5, 0.6) is 5.75 Å². The molecule has 1 aromatic heterocycles. The minimum Gasteiger partial charge on any atom is -0.497 e. The van der Waals surface area contributed by atoms with Gasteiger partial charge in [-0.1, -0.05) is 31.4 Å². The summed E-state index contributed by atoms with van der Waals surface area (Å²) in [6, 6.07) is 7.66. The molecular formula is C23H26F3N3O3. The van der Waals surface area contributed by atoms with Crippen LogP contribution in [0.2, 0.25) is 0 Å². The van der Waals surface area contributed by atoms with E-state index in [9.17, 15) is 22.8 Å². The number of amides is 2. The van der Waals surface area contributed by atoms with Crippen molar-refractivity contribution in [1.82, 2.24) is 15.2 Å². The first-order valence-corrected chi connectivity index (χ1v) is 10.5. The smallest absolute Gasteiger partial charge is 0.471 e. The Morgan fingerprint density at radius 1 is 1.09 bits per heavy atom. The van der Waals surface area contributed by atoms with Crippen molar-refractivity contribution < 1.29 is 27.5 Å². The predicted molar refractivity (Wildman–Crippen MR) is 112 cm³/mol. The largest absolute Gasteiger partial charge is 0.497 e. The lowest BCUT2D eigenvalue weighted by Gasteiger charge is -2.33. The number of methoxy groups -OCH3 is 1. The lowest BCUT2D eigenvalue weighted by molar-refractivity contribution is -0.189. The summed E-state index contributed by atoms with van der Waals surface area (Å²) in [5.74, 6) is -2.17. The molecule has 0 aliphatic heterocycles. The Balaban J connectivity index is 1.97. The zero-order valence-corrected chi connectivity index (χ0v) is 17.8. The van der Waals surface area contributed by atoms with Crippen LogP contribution >= 0.6 is 0 Å². The molecule has 1 N–H and O–H groups in total. The van der Waals surface area contributed by atoms with Crippen molar-refractivity contribution in [1.29, 1.82) is 0 Å². The van der Waals surface area contributed by atoms with Crippen molar-refractivity contribution in [2.45, 2.75) is 56.9 Å². The first-order chi connectivity index (χ1) is 15.3. The summed E-state index contributed by atoms with van der Waals surface area (Å²) in [6.45, 7) is -0.395. The number of ether oxygens (including phenoxy) is 1. The van der Waals surface area contributed by atoms with Gasteiger partial charge in [0.2, 0.25) is 5.91 Å². The molecule has 0 bridgehead atoms. The molecule has 1 atom stereocenters. The molecule has 1 fully saturated rings. The summed E-state index contributed by atoms with van der Waals surface area (Å²) in [7, 11) is 1.48. The maximum atomic E-state index is 13.6. The molecule has 1 saturated carbocycles. The highest BCUT2D eigenvalue weighted by Crippen LogP contribution is 2.30. The lowest BCUT2D eigenvalue weighted by Crippen LogP contribution is -2.50. The first-order valence-electron chi connectivity index (χ1n) is 10.5. The van der Waals surface area contributed by atoms with Crippen LogP contribution in [-0.2, 0) is 16.1 Å². The van der Waals surface area contributed by atoms with Gasteiger partial charge in [-0.15, -0.1) is 0 Å². The van der Waals surface area contributed by atoms with Gasteiger partial charge < -0.3 is 15.0 Å². The fourth-order valence-electron chi connectivity index (χ4n) is 3.92. The second-order valence-corrected chi connectivity index (χ2v) is 7.81. The van der Waals surface area contributed by atoms with Gasteiger partial charge in [-0.2, -0.15) is 13.2 Å². The number of benzene rings is 1. The van der Waals surface area contributed by atoms with Crippen LogP contribution in [-0.4, -0.2) is 41.0 Å². The average molecular weight is 449 g/mol. The van der Waals surface area contributed by atoms with Crippen molar-refractivity contribution in [3.63, 3.8) is 0 Å². The predicted octanol–water partition coefficient (Wildman–Crippen LogP) is 4.17. The van der Waals surface area contributed by atoms with Crippen LogP contribution in [0.15, 0.2) is 48.8 Å². The minimum absolute atomic E-state index is 0.121. The Morgan fingerprint density at radius 2 is 1.72 bits per heavy atom. The number of carbonyl (C=O) groups excluding carboxylic acids is 2. The Morgan fingerprint density at radius 3 is 2.28 bits per heavy atom. The quantitative estimate of drug-likeness (QED) is 0.689.